The summed E-state index contributed by atoms with van der Waals surface area (Å²) >= 11 is 2.18. The highest BCUT2D eigenvalue weighted by molar-refractivity contribution is 14.1. The van der Waals surface area contributed by atoms with Crippen molar-refractivity contribution in [2.24, 2.45) is 5.92 Å². The zero-order valence-corrected chi connectivity index (χ0v) is 12.4. The van der Waals surface area contributed by atoms with E-state index in [0.29, 0.717) is 11.6 Å². The van der Waals surface area contributed by atoms with Crippen molar-refractivity contribution in [2.75, 3.05) is 19.6 Å². The molecule has 17 heavy (non-hydrogen) atoms. The average Bonchev–Trinajstić information content (AvgIpc) is 2.74. The van der Waals surface area contributed by atoms with E-state index in [1.54, 1.807) is 0 Å². The largest absolute Gasteiger partial charge is 0.356 e. The smallest absolute Gasteiger partial charge is 0.267 e. The molecule has 1 aliphatic heterocycles. The molecule has 0 bridgehead atoms. The number of rotatable bonds is 3. The molecule has 1 aromatic heterocycles. The van der Waals surface area contributed by atoms with Gasteiger partial charge in [0.2, 0.25) is 0 Å². The van der Waals surface area contributed by atoms with Gasteiger partial charge in [-0.25, -0.2) is 0 Å². The van der Waals surface area contributed by atoms with E-state index in [1.165, 1.54) is 12.8 Å². The van der Waals surface area contributed by atoms with Crippen LogP contribution in [0.4, 0.5) is 0 Å². The van der Waals surface area contributed by atoms with E-state index in [4.69, 9.17) is 0 Å². The molecular formula is C11H17ClIN3O. The molecule has 0 saturated carbocycles. The highest BCUT2D eigenvalue weighted by Gasteiger charge is 2.14. The van der Waals surface area contributed by atoms with E-state index in [-0.39, 0.29) is 18.3 Å². The van der Waals surface area contributed by atoms with Crippen LogP contribution in [0, 0.1) is 9.49 Å². The van der Waals surface area contributed by atoms with Crippen molar-refractivity contribution >= 4 is 40.9 Å². The van der Waals surface area contributed by atoms with Crippen molar-refractivity contribution in [3.63, 3.8) is 0 Å². The molecule has 1 fully saturated rings. The number of aromatic amines is 1. The van der Waals surface area contributed by atoms with Crippen molar-refractivity contribution in [3.05, 3.63) is 21.5 Å². The van der Waals surface area contributed by atoms with Crippen LogP contribution in [-0.4, -0.2) is 30.5 Å². The second-order valence-corrected chi connectivity index (χ2v) is 5.40. The molecule has 1 aliphatic rings. The summed E-state index contributed by atoms with van der Waals surface area (Å²) in [6.07, 6.45) is 4.24. The Morgan fingerprint density at radius 2 is 2.41 bits per heavy atom. The molecule has 3 N–H and O–H groups in total. The van der Waals surface area contributed by atoms with Crippen LogP contribution < -0.4 is 10.6 Å². The number of hydrogen-bond acceptors (Lipinski definition) is 2. The average molecular weight is 370 g/mol. The number of carbonyl (C=O) groups excluding carboxylic acids is 1. The highest BCUT2D eigenvalue weighted by atomic mass is 127. The van der Waals surface area contributed by atoms with Gasteiger partial charge in [-0.05, 0) is 60.5 Å². The summed E-state index contributed by atoms with van der Waals surface area (Å²) in [4.78, 5) is 14.7. The molecule has 4 nitrogen and oxygen atoms in total. The number of piperidine rings is 1. The minimum Gasteiger partial charge on any atom is -0.356 e. The predicted octanol–water partition coefficient (Wildman–Crippen LogP) is 1.77. The molecule has 0 aliphatic carbocycles. The zero-order valence-electron chi connectivity index (χ0n) is 9.46. The van der Waals surface area contributed by atoms with Gasteiger partial charge in [0.1, 0.15) is 5.69 Å². The van der Waals surface area contributed by atoms with Crippen molar-refractivity contribution in [1.82, 2.24) is 15.6 Å². The molecule has 0 aromatic carbocycles. The molecule has 1 atom stereocenters. The normalized spacial score (nSPS) is 19.5. The maximum Gasteiger partial charge on any atom is 0.267 e. The van der Waals surface area contributed by atoms with E-state index in [9.17, 15) is 4.79 Å². The van der Waals surface area contributed by atoms with E-state index in [0.717, 1.165) is 23.2 Å². The SMILES string of the molecule is Cl.O=C(NCC1CCCNC1)c1cc(I)c[nH]1. The topological polar surface area (TPSA) is 56.9 Å². The van der Waals surface area contributed by atoms with E-state index < -0.39 is 0 Å². The molecule has 2 heterocycles. The Bertz CT molecular complexity index is 363. The maximum absolute atomic E-state index is 11.7. The van der Waals surface area contributed by atoms with Gasteiger partial charge in [-0.15, -0.1) is 12.4 Å². The number of amides is 1. The van der Waals surface area contributed by atoms with Gasteiger partial charge in [-0.3, -0.25) is 4.79 Å². The summed E-state index contributed by atoms with van der Waals surface area (Å²) < 4.78 is 1.06. The molecule has 1 saturated heterocycles. The first-order chi connectivity index (χ1) is 7.75. The maximum atomic E-state index is 11.7. The lowest BCUT2D eigenvalue weighted by Crippen LogP contribution is -2.38. The standard InChI is InChI=1S/C11H16IN3O.ClH/c12-9-4-10(14-7-9)11(16)15-6-8-2-1-3-13-5-8;/h4,7-8,13-14H,1-3,5-6H2,(H,15,16);1H. The van der Waals surface area contributed by atoms with Gasteiger partial charge in [-0.1, -0.05) is 0 Å². The van der Waals surface area contributed by atoms with Gasteiger partial charge in [0.15, 0.2) is 0 Å². The Morgan fingerprint density at radius 1 is 1.59 bits per heavy atom. The Balaban J connectivity index is 0.00000144. The second kappa shape index (κ2) is 7.23. The fourth-order valence-electron chi connectivity index (χ4n) is 1.93. The summed E-state index contributed by atoms with van der Waals surface area (Å²) in [7, 11) is 0. The number of aromatic nitrogens is 1. The summed E-state index contributed by atoms with van der Waals surface area (Å²) in [6, 6.07) is 1.86. The van der Waals surface area contributed by atoms with Crippen LogP contribution in [0.25, 0.3) is 0 Å². The molecule has 1 amide bonds. The third kappa shape index (κ3) is 4.48. The van der Waals surface area contributed by atoms with E-state index in [1.807, 2.05) is 12.3 Å². The Hall–Kier alpha value is -0.270. The fourth-order valence-corrected chi connectivity index (χ4v) is 2.40. The Labute approximate surface area is 121 Å². The minimum absolute atomic E-state index is 0. The molecule has 96 valence electrons. The summed E-state index contributed by atoms with van der Waals surface area (Å²) in [5.74, 6) is 0.570. The second-order valence-electron chi connectivity index (χ2n) is 4.15. The monoisotopic (exact) mass is 369 g/mol. The molecule has 1 unspecified atom stereocenters. The van der Waals surface area contributed by atoms with Crippen molar-refractivity contribution in [3.8, 4) is 0 Å². The van der Waals surface area contributed by atoms with Gasteiger partial charge in [0, 0.05) is 16.3 Å². The number of nitrogens with one attached hydrogen (secondary N) is 3. The number of hydrogen-bond donors (Lipinski definition) is 3. The fraction of sp³-hybridized carbons (Fsp3) is 0.545. The van der Waals surface area contributed by atoms with Gasteiger partial charge in [-0.2, -0.15) is 0 Å². The summed E-state index contributed by atoms with van der Waals surface area (Å²) in [5, 5.41) is 6.31. The van der Waals surface area contributed by atoms with Crippen molar-refractivity contribution in [1.29, 1.82) is 0 Å². The van der Waals surface area contributed by atoms with E-state index >= 15 is 0 Å². The predicted molar refractivity (Wildman–Crippen MR) is 78.7 cm³/mol. The quantitative estimate of drug-likeness (QED) is 0.711. The first kappa shape index (κ1) is 14.8. The van der Waals surface area contributed by atoms with Gasteiger partial charge in [0.05, 0.1) is 0 Å². The van der Waals surface area contributed by atoms with E-state index in [2.05, 4.69) is 38.2 Å². The third-order valence-electron chi connectivity index (χ3n) is 2.84. The molecular weight excluding hydrogens is 352 g/mol. The van der Waals surface area contributed by atoms with Gasteiger partial charge < -0.3 is 15.6 Å². The molecule has 0 spiro atoms. The summed E-state index contributed by atoms with van der Waals surface area (Å²) in [5.41, 5.74) is 0.646. The Kier molecular flexibility index (Phi) is 6.29. The molecule has 1 aromatic rings. The molecule has 6 heteroatoms. The van der Waals surface area contributed by atoms with Crippen LogP contribution in [-0.2, 0) is 0 Å². The lowest BCUT2D eigenvalue weighted by atomic mass is 10.00. The number of halogens is 2. The number of H-pyrrole nitrogens is 1. The van der Waals surface area contributed by atoms with Gasteiger partial charge in [0.25, 0.3) is 5.91 Å². The minimum atomic E-state index is -0.00603. The van der Waals surface area contributed by atoms with Crippen LogP contribution in [0.15, 0.2) is 12.3 Å². The van der Waals surface area contributed by atoms with Crippen LogP contribution in [0.2, 0.25) is 0 Å². The molecule has 2 rings (SSSR count). The summed E-state index contributed by atoms with van der Waals surface area (Å²) in [6.45, 7) is 2.89. The zero-order chi connectivity index (χ0) is 11.4. The number of carbonyl (C=O) groups is 1. The first-order valence-electron chi connectivity index (χ1n) is 5.58. The van der Waals surface area contributed by atoms with Crippen LogP contribution >= 0.6 is 35.0 Å². The lowest BCUT2D eigenvalue weighted by molar-refractivity contribution is 0.0940. The van der Waals surface area contributed by atoms with Crippen molar-refractivity contribution < 1.29 is 4.79 Å². The first-order valence-corrected chi connectivity index (χ1v) is 6.66. The van der Waals surface area contributed by atoms with Crippen molar-refractivity contribution in [2.45, 2.75) is 12.8 Å². The van der Waals surface area contributed by atoms with Crippen LogP contribution in [0.1, 0.15) is 23.3 Å². The highest BCUT2D eigenvalue weighted by Crippen LogP contribution is 2.09. The molecule has 0 radical (unpaired) electrons. The third-order valence-corrected chi connectivity index (χ3v) is 3.47. The van der Waals surface area contributed by atoms with Gasteiger partial charge >= 0.3 is 0 Å². The Morgan fingerprint density at radius 3 is 3.00 bits per heavy atom. The van der Waals surface area contributed by atoms with Crippen LogP contribution in [0.5, 0.6) is 0 Å². The van der Waals surface area contributed by atoms with Crippen LogP contribution in [0.3, 0.4) is 0 Å². The lowest BCUT2D eigenvalue weighted by Gasteiger charge is -2.22.